The summed E-state index contributed by atoms with van der Waals surface area (Å²) >= 11 is 3.73. The fourth-order valence-electron chi connectivity index (χ4n) is 2.97. The van der Waals surface area contributed by atoms with Crippen molar-refractivity contribution < 1.29 is 0 Å². The SMILES string of the molecule is CCC1CCCCN1c1ccc(C(C)NC)c(Br)c1. The molecule has 2 atom stereocenters. The van der Waals surface area contributed by atoms with Crippen LogP contribution in [0.5, 0.6) is 0 Å². The molecule has 0 saturated carbocycles. The standard InChI is InChI=1S/C16H25BrN2/c1-4-13-7-5-6-10-19(13)14-8-9-15(12(2)18-3)16(17)11-14/h8-9,11-13,18H,4-7,10H2,1-3H3. The molecule has 1 fully saturated rings. The van der Waals surface area contributed by atoms with Crippen molar-refractivity contribution in [3.63, 3.8) is 0 Å². The predicted octanol–water partition coefficient (Wildman–Crippen LogP) is 4.50. The van der Waals surface area contributed by atoms with Crippen molar-refractivity contribution in [3.05, 3.63) is 28.2 Å². The van der Waals surface area contributed by atoms with Crippen molar-refractivity contribution in [2.75, 3.05) is 18.5 Å². The summed E-state index contributed by atoms with van der Waals surface area (Å²) in [6, 6.07) is 7.92. The molecule has 1 saturated heterocycles. The number of hydrogen-bond acceptors (Lipinski definition) is 2. The van der Waals surface area contributed by atoms with Gasteiger partial charge in [-0.15, -0.1) is 0 Å². The minimum absolute atomic E-state index is 0.381. The van der Waals surface area contributed by atoms with Crippen molar-refractivity contribution in [2.24, 2.45) is 0 Å². The first-order valence-electron chi connectivity index (χ1n) is 7.40. The van der Waals surface area contributed by atoms with Crippen LogP contribution in [-0.4, -0.2) is 19.6 Å². The molecule has 2 unspecified atom stereocenters. The van der Waals surface area contributed by atoms with Gasteiger partial charge < -0.3 is 10.2 Å². The summed E-state index contributed by atoms with van der Waals surface area (Å²) < 4.78 is 1.22. The van der Waals surface area contributed by atoms with Crippen molar-refractivity contribution in [1.29, 1.82) is 0 Å². The maximum Gasteiger partial charge on any atom is 0.0380 e. The highest BCUT2D eigenvalue weighted by Crippen LogP contribution is 2.32. The van der Waals surface area contributed by atoms with Crippen LogP contribution in [0.25, 0.3) is 0 Å². The molecule has 1 N–H and O–H groups in total. The molecule has 2 rings (SSSR count). The molecular formula is C16H25BrN2. The Labute approximate surface area is 125 Å². The Hall–Kier alpha value is -0.540. The van der Waals surface area contributed by atoms with E-state index in [0.29, 0.717) is 12.1 Å². The van der Waals surface area contributed by atoms with Gasteiger partial charge in [-0.05, 0) is 57.4 Å². The Kier molecular flexibility index (Phi) is 5.28. The molecule has 0 aliphatic carbocycles. The summed E-state index contributed by atoms with van der Waals surface area (Å²) in [5.41, 5.74) is 2.70. The number of nitrogens with zero attached hydrogens (tertiary/aromatic N) is 1. The molecule has 1 aliphatic heterocycles. The van der Waals surface area contributed by atoms with E-state index in [1.54, 1.807) is 0 Å². The van der Waals surface area contributed by atoms with Crippen molar-refractivity contribution >= 4 is 21.6 Å². The van der Waals surface area contributed by atoms with E-state index in [4.69, 9.17) is 0 Å². The second kappa shape index (κ2) is 6.76. The second-order valence-electron chi connectivity index (χ2n) is 5.47. The number of benzene rings is 1. The van der Waals surface area contributed by atoms with Crippen LogP contribution in [0.4, 0.5) is 5.69 Å². The topological polar surface area (TPSA) is 15.3 Å². The van der Waals surface area contributed by atoms with E-state index >= 15 is 0 Å². The summed E-state index contributed by atoms with van der Waals surface area (Å²) in [6.45, 7) is 5.69. The highest BCUT2D eigenvalue weighted by Gasteiger charge is 2.21. The van der Waals surface area contributed by atoms with Crippen LogP contribution >= 0.6 is 15.9 Å². The molecular weight excluding hydrogens is 300 g/mol. The number of anilines is 1. The highest BCUT2D eigenvalue weighted by molar-refractivity contribution is 9.10. The molecule has 0 radical (unpaired) electrons. The van der Waals surface area contributed by atoms with Crippen LogP contribution < -0.4 is 10.2 Å². The van der Waals surface area contributed by atoms with Crippen LogP contribution in [0, 0.1) is 0 Å². The van der Waals surface area contributed by atoms with Gasteiger partial charge in [0.25, 0.3) is 0 Å². The predicted molar refractivity (Wildman–Crippen MR) is 86.9 cm³/mol. The summed E-state index contributed by atoms with van der Waals surface area (Å²) in [4.78, 5) is 2.59. The Morgan fingerprint density at radius 3 is 2.84 bits per heavy atom. The van der Waals surface area contributed by atoms with Crippen molar-refractivity contribution in [1.82, 2.24) is 5.32 Å². The monoisotopic (exact) mass is 324 g/mol. The lowest BCUT2D eigenvalue weighted by molar-refractivity contribution is 0.450. The van der Waals surface area contributed by atoms with E-state index in [1.807, 2.05) is 7.05 Å². The molecule has 2 nitrogen and oxygen atoms in total. The van der Waals surface area contributed by atoms with Crippen LogP contribution in [-0.2, 0) is 0 Å². The Balaban J connectivity index is 2.23. The van der Waals surface area contributed by atoms with Crippen LogP contribution in [0.3, 0.4) is 0 Å². The molecule has 1 heterocycles. The quantitative estimate of drug-likeness (QED) is 0.877. The molecule has 0 aromatic heterocycles. The molecule has 1 aromatic rings. The molecule has 1 aromatic carbocycles. The normalized spacial score (nSPS) is 21.5. The fourth-order valence-corrected chi connectivity index (χ4v) is 3.68. The van der Waals surface area contributed by atoms with E-state index in [0.717, 1.165) is 0 Å². The zero-order valence-electron chi connectivity index (χ0n) is 12.2. The molecule has 1 aliphatic rings. The summed E-state index contributed by atoms with van der Waals surface area (Å²) in [7, 11) is 2.00. The lowest BCUT2D eigenvalue weighted by Crippen LogP contribution is -2.39. The maximum atomic E-state index is 3.73. The Bertz CT molecular complexity index is 419. The second-order valence-corrected chi connectivity index (χ2v) is 6.32. The van der Waals surface area contributed by atoms with Crippen molar-refractivity contribution in [2.45, 2.75) is 51.6 Å². The van der Waals surface area contributed by atoms with Crippen LogP contribution in [0.15, 0.2) is 22.7 Å². The van der Waals surface area contributed by atoms with Gasteiger partial charge in [-0.1, -0.05) is 28.9 Å². The Morgan fingerprint density at radius 1 is 1.42 bits per heavy atom. The molecule has 0 amide bonds. The highest BCUT2D eigenvalue weighted by atomic mass is 79.9. The van der Waals surface area contributed by atoms with E-state index in [9.17, 15) is 0 Å². The first-order chi connectivity index (χ1) is 9.17. The van der Waals surface area contributed by atoms with Gasteiger partial charge in [0.05, 0.1) is 0 Å². The third-order valence-electron chi connectivity index (χ3n) is 4.31. The van der Waals surface area contributed by atoms with E-state index < -0.39 is 0 Å². The lowest BCUT2D eigenvalue weighted by Gasteiger charge is -2.37. The maximum absolute atomic E-state index is 3.73. The van der Waals surface area contributed by atoms with Gasteiger partial charge in [0, 0.05) is 28.8 Å². The zero-order chi connectivity index (χ0) is 13.8. The van der Waals surface area contributed by atoms with E-state index in [1.165, 1.54) is 48.0 Å². The summed E-state index contributed by atoms with van der Waals surface area (Å²) in [5, 5.41) is 3.30. The van der Waals surface area contributed by atoms with Gasteiger partial charge in [0.15, 0.2) is 0 Å². The number of hydrogen-bond donors (Lipinski definition) is 1. The average Bonchev–Trinajstić information content (AvgIpc) is 2.46. The molecule has 0 bridgehead atoms. The molecule has 0 spiro atoms. The van der Waals surface area contributed by atoms with Gasteiger partial charge in [-0.3, -0.25) is 0 Å². The third-order valence-corrected chi connectivity index (χ3v) is 5.00. The van der Waals surface area contributed by atoms with Gasteiger partial charge in [0.1, 0.15) is 0 Å². The van der Waals surface area contributed by atoms with Crippen LogP contribution in [0.2, 0.25) is 0 Å². The Morgan fingerprint density at radius 2 is 2.21 bits per heavy atom. The van der Waals surface area contributed by atoms with E-state index in [-0.39, 0.29) is 0 Å². The van der Waals surface area contributed by atoms with Crippen LogP contribution in [0.1, 0.15) is 51.1 Å². The number of halogens is 1. The molecule has 3 heteroatoms. The minimum Gasteiger partial charge on any atom is -0.369 e. The zero-order valence-corrected chi connectivity index (χ0v) is 13.8. The molecule has 106 valence electrons. The van der Waals surface area contributed by atoms with Gasteiger partial charge in [-0.2, -0.15) is 0 Å². The first-order valence-corrected chi connectivity index (χ1v) is 8.20. The van der Waals surface area contributed by atoms with Crippen molar-refractivity contribution in [3.8, 4) is 0 Å². The van der Waals surface area contributed by atoms with Gasteiger partial charge in [0.2, 0.25) is 0 Å². The largest absolute Gasteiger partial charge is 0.369 e. The number of nitrogens with one attached hydrogen (secondary N) is 1. The lowest BCUT2D eigenvalue weighted by atomic mass is 9.98. The summed E-state index contributed by atoms with van der Waals surface area (Å²) in [5.74, 6) is 0. The third kappa shape index (κ3) is 3.32. The van der Waals surface area contributed by atoms with Gasteiger partial charge in [-0.25, -0.2) is 0 Å². The number of rotatable bonds is 4. The smallest absolute Gasteiger partial charge is 0.0380 e. The average molecular weight is 325 g/mol. The van der Waals surface area contributed by atoms with E-state index in [2.05, 4.69) is 58.2 Å². The molecule has 19 heavy (non-hydrogen) atoms. The first kappa shape index (κ1) is 14.9. The summed E-state index contributed by atoms with van der Waals surface area (Å²) in [6.07, 6.45) is 5.28. The number of piperidine rings is 1. The minimum atomic E-state index is 0.381. The fraction of sp³-hybridized carbons (Fsp3) is 0.625. The van der Waals surface area contributed by atoms with Gasteiger partial charge >= 0.3 is 0 Å².